The van der Waals surface area contributed by atoms with Gasteiger partial charge >= 0.3 is 0 Å². The van der Waals surface area contributed by atoms with Crippen molar-refractivity contribution in [2.75, 3.05) is 43.1 Å². The fourth-order valence-electron chi connectivity index (χ4n) is 5.16. The average Bonchev–Trinajstić information content (AvgIpc) is 2.87. The van der Waals surface area contributed by atoms with Gasteiger partial charge in [0.15, 0.2) is 5.82 Å². The molecule has 186 valence electrons. The van der Waals surface area contributed by atoms with Gasteiger partial charge in [0.2, 0.25) is 0 Å². The van der Waals surface area contributed by atoms with Crippen molar-refractivity contribution in [3.8, 4) is 28.4 Å². The maximum absolute atomic E-state index is 5.93. The molecule has 0 saturated carbocycles. The molecule has 0 amide bonds. The molecule has 0 atom stereocenters. The van der Waals surface area contributed by atoms with E-state index in [-0.39, 0.29) is 0 Å². The van der Waals surface area contributed by atoms with Gasteiger partial charge in [-0.25, -0.2) is 9.97 Å². The molecule has 3 aromatic rings. The van der Waals surface area contributed by atoms with E-state index >= 15 is 0 Å². The van der Waals surface area contributed by atoms with E-state index in [4.69, 9.17) is 14.7 Å². The number of aromatic nitrogens is 2. The Morgan fingerprint density at radius 1 is 0.943 bits per heavy atom. The Kier molecular flexibility index (Phi) is 7.94. The molecule has 1 aliphatic rings. The first-order valence-corrected chi connectivity index (χ1v) is 13.2. The van der Waals surface area contributed by atoms with Crippen LogP contribution in [0.1, 0.15) is 57.4 Å². The fourth-order valence-corrected chi connectivity index (χ4v) is 5.16. The average molecular weight is 473 g/mol. The SMILES string of the molecule is CCCN(CCC)c1c(C)nc(-c2c(CC)cccc2CC)nc1-c1ccc2c(c1)N(C)CCO2. The number of anilines is 2. The van der Waals surface area contributed by atoms with E-state index in [1.807, 2.05) is 0 Å². The molecule has 0 saturated heterocycles. The zero-order valence-corrected chi connectivity index (χ0v) is 22.3. The third-order valence-electron chi connectivity index (χ3n) is 6.91. The Morgan fingerprint density at radius 3 is 2.26 bits per heavy atom. The highest BCUT2D eigenvalue weighted by molar-refractivity contribution is 5.82. The minimum Gasteiger partial charge on any atom is -0.490 e. The van der Waals surface area contributed by atoms with Gasteiger partial charge < -0.3 is 14.5 Å². The number of aryl methyl sites for hydroxylation is 3. The summed E-state index contributed by atoms with van der Waals surface area (Å²) < 4.78 is 5.93. The fraction of sp³-hybridized carbons (Fsp3) is 0.467. The number of likely N-dealkylation sites (N-methyl/N-ethyl adjacent to an activating group) is 1. The molecule has 1 aromatic heterocycles. The van der Waals surface area contributed by atoms with Crippen LogP contribution in [0.4, 0.5) is 11.4 Å². The normalized spacial score (nSPS) is 12.9. The second-order valence-electron chi connectivity index (χ2n) is 9.43. The number of hydrogen-bond donors (Lipinski definition) is 0. The van der Waals surface area contributed by atoms with Crippen molar-refractivity contribution in [3.05, 3.63) is 53.2 Å². The molecule has 2 aromatic carbocycles. The van der Waals surface area contributed by atoms with E-state index in [1.54, 1.807) is 0 Å². The molecule has 0 spiro atoms. The topological polar surface area (TPSA) is 41.5 Å². The second-order valence-corrected chi connectivity index (χ2v) is 9.43. The zero-order valence-electron chi connectivity index (χ0n) is 22.3. The summed E-state index contributed by atoms with van der Waals surface area (Å²) in [6, 6.07) is 13.1. The van der Waals surface area contributed by atoms with E-state index in [0.717, 1.165) is 91.8 Å². The van der Waals surface area contributed by atoms with Gasteiger partial charge in [0.05, 0.1) is 29.3 Å². The number of nitrogens with zero attached hydrogens (tertiary/aromatic N) is 4. The predicted octanol–water partition coefficient (Wildman–Crippen LogP) is 6.70. The first-order valence-electron chi connectivity index (χ1n) is 13.2. The van der Waals surface area contributed by atoms with Gasteiger partial charge in [-0.3, -0.25) is 0 Å². The quantitative estimate of drug-likeness (QED) is 0.347. The molecule has 0 bridgehead atoms. The van der Waals surface area contributed by atoms with Crippen molar-refractivity contribution < 1.29 is 4.74 Å². The van der Waals surface area contributed by atoms with Crippen LogP contribution in [0.2, 0.25) is 0 Å². The summed E-state index contributed by atoms with van der Waals surface area (Å²) in [7, 11) is 2.13. The van der Waals surface area contributed by atoms with E-state index in [9.17, 15) is 0 Å². The molecule has 0 aliphatic carbocycles. The lowest BCUT2D eigenvalue weighted by molar-refractivity contribution is 0.311. The van der Waals surface area contributed by atoms with Crippen LogP contribution < -0.4 is 14.5 Å². The maximum atomic E-state index is 5.93. The Morgan fingerprint density at radius 2 is 1.63 bits per heavy atom. The van der Waals surface area contributed by atoms with Gasteiger partial charge in [-0.15, -0.1) is 0 Å². The summed E-state index contributed by atoms with van der Waals surface area (Å²) in [5.74, 6) is 1.78. The Labute approximate surface area is 211 Å². The van der Waals surface area contributed by atoms with E-state index < -0.39 is 0 Å². The Balaban J connectivity index is 1.98. The molecule has 0 N–H and O–H groups in total. The van der Waals surface area contributed by atoms with Gasteiger partial charge in [-0.1, -0.05) is 45.9 Å². The summed E-state index contributed by atoms with van der Waals surface area (Å²) in [5.41, 5.74) is 9.27. The lowest BCUT2D eigenvalue weighted by Gasteiger charge is -2.30. The number of rotatable bonds is 9. The van der Waals surface area contributed by atoms with Crippen molar-refractivity contribution in [3.63, 3.8) is 0 Å². The molecule has 35 heavy (non-hydrogen) atoms. The van der Waals surface area contributed by atoms with Gasteiger partial charge in [-0.05, 0) is 61.9 Å². The summed E-state index contributed by atoms with van der Waals surface area (Å²) in [5, 5.41) is 0. The van der Waals surface area contributed by atoms with Crippen LogP contribution in [0.15, 0.2) is 36.4 Å². The lowest BCUT2D eigenvalue weighted by Crippen LogP contribution is -2.29. The molecule has 5 heteroatoms. The van der Waals surface area contributed by atoms with Gasteiger partial charge in [-0.2, -0.15) is 0 Å². The van der Waals surface area contributed by atoms with Gasteiger partial charge in [0.25, 0.3) is 0 Å². The minimum atomic E-state index is 0.721. The van der Waals surface area contributed by atoms with Crippen molar-refractivity contribution in [1.82, 2.24) is 9.97 Å². The van der Waals surface area contributed by atoms with Crippen LogP contribution in [0.3, 0.4) is 0 Å². The minimum absolute atomic E-state index is 0.721. The highest BCUT2D eigenvalue weighted by atomic mass is 16.5. The van der Waals surface area contributed by atoms with Crippen molar-refractivity contribution in [2.45, 2.75) is 60.3 Å². The summed E-state index contributed by atoms with van der Waals surface area (Å²) in [6.45, 7) is 14.6. The highest BCUT2D eigenvalue weighted by Gasteiger charge is 2.23. The molecule has 0 unspecified atom stereocenters. The standard InChI is InChI=1S/C30H40N4O/c1-7-16-34(17-8-2)29-21(5)31-30(27-22(9-3)12-11-13-23(27)10-4)32-28(29)24-14-15-26-25(20-24)33(6)18-19-35-26/h11-15,20H,7-10,16-19H2,1-6H3. The van der Waals surface area contributed by atoms with Crippen molar-refractivity contribution in [1.29, 1.82) is 0 Å². The van der Waals surface area contributed by atoms with Crippen LogP contribution in [0, 0.1) is 6.92 Å². The van der Waals surface area contributed by atoms with Crippen LogP contribution in [0.5, 0.6) is 5.75 Å². The largest absolute Gasteiger partial charge is 0.490 e. The smallest absolute Gasteiger partial charge is 0.160 e. The van der Waals surface area contributed by atoms with E-state index in [2.05, 4.69) is 87.9 Å². The molecule has 5 nitrogen and oxygen atoms in total. The Bertz CT molecular complexity index is 1150. The first kappa shape index (κ1) is 25.0. The van der Waals surface area contributed by atoms with E-state index in [1.165, 1.54) is 16.7 Å². The highest BCUT2D eigenvalue weighted by Crippen LogP contribution is 2.40. The van der Waals surface area contributed by atoms with Crippen LogP contribution in [0.25, 0.3) is 22.6 Å². The summed E-state index contributed by atoms with van der Waals surface area (Å²) >= 11 is 0. The molecule has 4 rings (SSSR count). The summed E-state index contributed by atoms with van der Waals surface area (Å²) in [6.07, 6.45) is 4.09. The zero-order chi connectivity index (χ0) is 24.9. The maximum Gasteiger partial charge on any atom is 0.160 e. The Hall–Kier alpha value is -3.08. The van der Waals surface area contributed by atoms with E-state index in [0.29, 0.717) is 0 Å². The first-order chi connectivity index (χ1) is 17.0. The van der Waals surface area contributed by atoms with Gasteiger partial charge in [0.1, 0.15) is 12.4 Å². The molecular weight excluding hydrogens is 432 g/mol. The number of benzene rings is 2. The lowest BCUT2D eigenvalue weighted by atomic mass is 9.96. The van der Waals surface area contributed by atoms with Crippen molar-refractivity contribution in [2.24, 2.45) is 0 Å². The predicted molar refractivity (Wildman–Crippen MR) is 148 cm³/mol. The van der Waals surface area contributed by atoms with Crippen LogP contribution in [-0.4, -0.2) is 43.3 Å². The molecule has 0 radical (unpaired) electrons. The third-order valence-corrected chi connectivity index (χ3v) is 6.91. The monoisotopic (exact) mass is 472 g/mol. The molecule has 1 aliphatic heterocycles. The molecule has 0 fully saturated rings. The van der Waals surface area contributed by atoms with Crippen molar-refractivity contribution >= 4 is 11.4 Å². The third kappa shape index (κ3) is 5.00. The summed E-state index contributed by atoms with van der Waals surface area (Å²) in [4.78, 5) is 15.2. The van der Waals surface area contributed by atoms with Crippen LogP contribution in [-0.2, 0) is 12.8 Å². The number of ether oxygens (including phenoxy) is 1. The molecule has 2 heterocycles. The molecular formula is C30H40N4O. The van der Waals surface area contributed by atoms with Crippen LogP contribution >= 0.6 is 0 Å². The second kappa shape index (κ2) is 11.1. The number of fused-ring (bicyclic) bond motifs is 1. The number of hydrogen-bond acceptors (Lipinski definition) is 5. The van der Waals surface area contributed by atoms with Gasteiger partial charge in [0, 0.05) is 31.3 Å².